The van der Waals surface area contributed by atoms with E-state index in [1.807, 2.05) is 30.5 Å². The highest BCUT2D eigenvalue weighted by Gasteiger charge is 2.20. The summed E-state index contributed by atoms with van der Waals surface area (Å²) in [5.74, 6) is -0.823. The van der Waals surface area contributed by atoms with Crippen LogP contribution in [0.1, 0.15) is 34.8 Å². The number of rotatable bonds is 5. The van der Waals surface area contributed by atoms with Crippen molar-refractivity contribution < 1.29 is 14.3 Å². The Hall–Kier alpha value is -2.27. The number of hydrogen-bond donors (Lipinski definition) is 1. The zero-order valence-corrected chi connectivity index (χ0v) is 15.2. The van der Waals surface area contributed by atoms with Crippen LogP contribution in [0.15, 0.2) is 47.4 Å². The van der Waals surface area contributed by atoms with Gasteiger partial charge in [-0.1, -0.05) is 6.07 Å². The maximum atomic E-state index is 12.3. The predicted molar refractivity (Wildman–Crippen MR) is 100 cm³/mol. The predicted octanol–water partition coefficient (Wildman–Crippen LogP) is 4.08. The van der Waals surface area contributed by atoms with Gasteiger partial charge in [0, 0.05) is 10.6 Å². The van der Waals surface area contributed by atoms with E-state index in [-0.39, 0.29) is 5.91 Å². The zero-order valence-electron chi connectivity index (χ0n) is 14.4. The molecule has 5 heteroatoms. The Morgan fingerprint density at radius 2 is 1.80 bits per heavy atom. The SMILES string of the molecule is CSc1ccc(C(=O)O[C@H](C)C(=O)Nc2ccc3c(c2)CCC3)cc1. The molecule has 0 saturated carbocycles. The van der Waals surface area contributed by atoms with Crippen molar-refractivity contribution in [2.75, 3.05) is 11.6 Å². The standard InChI is InChI=1S/C20H21NO3S/c1-13(24-20(23)15-7-10-18(25-2)11-8-15)19(22)21-17-9-6-14-4-3-5-16(14)12-17/h6-13H,3-5H2,1-2H3,(H,21,22)/t13-/m1/s1. The quantitative estimate of drug-likeness (QED) is 0.648. The van der Waals surface area contributed by atoms with E-state index >= 15 is 0 Å². The molecule has 0 spiro atoms. The summed E-state index contributed by atoms with van der Waals surface area (Å²) in [6.07, 6.45) is 4.43. The van der Waals surface area contributed by atoms with Crippen LogP contribution in [0, 0.1) is 0 Å². The third kappa shape index (κ3) is 4.23. The minimum absolute atomic E-state index is 0.327. The fourth-order valence-electron chi connectivity index (χ4n) is 2.90. The van der Waals surface area contributed by atoms with E-state index in [9.17, 15) is 9.59 Å². The van der Waals surface area contributed by atoms with Crippen LogP contribution in [-0.2, 0) is 22.4 Å². The highest BCUT2D eigenvalue weighted by atomic mass is 32.2. The maximum absolute atomic E-state index is 12.3. The average Bonchev–Trinajstić information content (AvgIpc) is 3.09. The first-order chi connectivity index (χ1) is 12.1. The zero-order chi connectivity index (χ0) is 17.8. The molecule has 1 N–H and O–H groups in total. The van der Waals surface area contributed by atoms with Crippen LogP contribution in [-0.4, -0.2) is 24.2 Å². The molecular weight excluding hydrogens is 334 g/mol. The Morgan fingerprint density at radius 3 is 2.52 bits per heavy atom. The Balaban J connectivity index is 1.59. The molecule has 2 aromatic carbocycles. The topological polar surface area (TPSA) is 55.4 Å². The number of anilines is 1. The lowest BCUT2D eigenvalue weighted by molar-refractivity contribution is -0.123. The molecule has 1 aliphatic carbocycles. The Kier molecular flexibility index (Phi) is 5.43. The molecule has 1 aliphatic rings. The van der Waals surface area contributed by atoms with Gasteiger partial charge in [-0.05, 0) is 80.0 Å². The van der Waals surface area contributed by atoms with Gasteiger partial charge in [0.25, 0.3) is 5.91 Å². The van der Waals surface area contributed by atoms with Crippen LogP contribution in [0.3, 0.4) is 0 Å². The largest absolute Gasteiger partial charge is 0.449 e. The smallest absolute Gasteiger partial charge is 0.338 e. The Labute approximate surface area is 152 Å². The van der Waals surface area contributed by atoms with E-state index in [4.69, 9.17) is 4.74 Å². The van der Waals surface area contributed by atoms with Gasteiger partial charge in [0.15, 0.2) is 6.10 Å². The average molecular weight is 355 g/mol. The highest BCUT2D eigenvalue weighted by Crippen LogP contribution is 2.25. The van der Waals surface area contributed by atoms with Crippen molar-refractivity contribution >= 4 is 29.3 Å². The second-order valence-corrected chi connectivity index (χ2v) is 6.98. The molecule has 2 aromatic rings. The third-order valence-electron chi connectivity index (χ3n) is 4.34. The lowest BCUT2D eigenvalue weighted by atomic mass is 10.1. The van der Waals surface area contributed by atoms with Gasteiger partial charge in [-0.3, -0.25) is 4.79 Å². The molecule has 0 aromatic heterocycles. The van der Waals surface area contributed by atoms with E-state index in [1.165, 1.54) is 11.1 Å². The van der Waals surface area contributed by atoms with Crippen molar-refractivity contribution in [3.8, 4) is 0 Å². The van der Waals surface area contributed by atoms with Gasteiger partial charge in [0.2, 0.25) is 0 Å². The van der Waals surface area contributed by atoms with Gasteiger partial charge in [-0.15, -0.1) is 11.8 Å². The lowest BCUT2D eigenvalue weighted by Crippen LogP contribution is -2.30. The summed E-state index contributed by atoms with van der Waals surface area (Å²) in [7, 11) is 0. The Morgan fingerprint density at radius 1 is 1.08 bits per heavy atom. The number of carbonyl (C=O) groups is 2. The third-order valence-corrected chi connectivity index (χ3v) is 5.09. The number of benzene rings is 2. The van der Waals surface area contributed by atoms with Crippen LogP contribution < -0.4 is 5.32 Å². The first-order valence-corrected chi connectivity index (χ1v) is 9.57. The molecule has 0 aliphatic heterocycles. The molecule has 1 atom stereocenters. The van der Waals surface area contributed by atoms with Crippen LogP contribution in [0.2, 0.25) is 0 Å². The first kappa shape index (κ1) is 17.5. The number of esters is 1. The molecular formula is C20H21NO3S. The van der Waals surface area contributed by atoms with Crippen molar-refractivity contribution in [3.63, 3.8) is 0 Å². The van der Waals surface area contributed by atoms with E-state index in [0.29, 0.717) is 5.56 Å². The minimum Gasteiger partial charge on any atom is -0.449 e. The number of fused-ring (bicyclic) bond motifs is 1. The molecule has 0 radical (unpaired) electrons. The van der Waals surface area contributed by atoms with E-state index < -0.39 is 12.1 Å². The molecule has 0 saturated heterocycles. The Bertz CT molecular complexity index is 786. The van der Waals surface area contributed by atoms with Crippen molar-refractivity contribution in [1.29, 1.82) is 0 Å². The van der Waals surface area contributed by atoms with E-state index in [0.717, 1.165) is 29.8 Å². The molecule has 0 heterocycles. The van der Waals surface area contributed by atoms with Crippen LogP contribution >= 0.6 is 11.8 Å². The normalized spacial score (nSPS) is 13.8. The summed E-state index contributed by atoms with van der Waals surface area (Å²) in [5.41, 5.74) is 3.83. The summed E-state index contributed by atoms with van der Waals surface area (Å²) in [5, 5.41) is 2.83. The monoisotopic (exact) mass is 355 g/mol. The fraction of sp³-hybridized carbons (Fsp3) is 0.300. The second kappa shape index (κ2) is 7.74. The second-order valence-electron chi connectivity index (χ2n) is 6.10. The highest BCUT2D eigenvalue weighted by molar-refractivity contribution is 7.98. The number of carbonyl (C=O) groups excluding carboxylic acids is 2. The summed E-state index contributed by atoms with van der Waals surface area (Å²) in [6, 6.07) is 13.1. The summed E-state index contributed by atoms with van der Waals surface area (Å²) >= 11 is 1.60. The van der Waals surface area contributed by atoms with Gasteiger partial charge >= 0.3 is 5.97 Å². The molecule has 4 nitrogen and oxygen atoms in total. The fourth-order valence-corrected chi connectivity index (χ4v) is 3.31. The lowest BCUT2D eigenvalue weighted by Gasteiger charge is -2.14. The minimum atomic E-state index is -0.860. The molecule has 0 fully saturated rings. The van der Waals surface area contributed by atoms with Gasteiger partial charge in [0.05, 0.1) is 5.56 Å². The number of ether oxygens (including phenoxy) is 1. The van der Waals surface area contributed by atoms with Crippen molar-refractivity contribution in [3.05, 3.63) is 59.2 Å². The van der Waals surface area contributed by atoms with Crippen molar-refractivity contribution in [2.24, 2.45) is 0 Å². The van der Waals surface area contributed by atoms with Gasteiger partial charge in [-0.2, -0.15) is 0 Å². The number of hydrogen-bond acceptors (Lipinski definition) is 4. The molecule has 1 amide bonds. The van der Waals surface area contributed by atoms with Crippen LogP contribution in [0.25, 0.3) is 0 Å². The van der Waals surface area contributed by atoms with Crippen molar-refractivity contribution in [2.45, 2.75) is 37.2 Å². The van der Waals surface area contributed by atoms with E-state index in [1.54, 1.807) is 30.8 Å². The number of thioether (sulfide) groups is 1. The van der Waals surface area contributed by atoms with Crippen LogP contribution in [0.5, 0.6) is 0 Å². The maximum Gasteiger partial charge on any atom is 0.338 e. The van der Waals surface area contributed by atoms with Gasteiger partial charge < -0.3 is 10.1 Å². The molecule has 0 bridgehead atoms. The number of aryl methyl sites for hydroxylation is 2. The molecule has 3 rings (SSSR count). The summed E-state index contributed by atoms with van der Waals surface area (Å²) in [4.78, 5) is 25.5. The van der Waals surface area contributed by atoms with Crippen molar-refractivity contribution in [1.82, 2.24) is 0 Å². The van der Waals surface area contributed by atoms with Gasteiger partial charge in [0.1, 0.15) is 0 Å². The van der Waals surface area contributed by atoms with Crippen LogP contribution in [0.4, 0.5) is 5.69 Å². The number of amides is 1. The molecule has 0 unspecified atom stereocenters. The van der Waals surface area contributed by atoms with Gasteiger partial charge in [-0.25, -0.2) is 4.79 Å². The van der Waals surface area contributed by atoms with E-state index in [2.05, 4.69) is 11.4 Å². The number of nitrogens with one attached hydrogen (secondary N) is 1. The summed E-state index contributed by atoms with van der Waals surface area (Å²) < 4.78 is 5.28. The molecule has 130 valence electrons. The molecule has 25 heavy (non-hydrogen) atoms. The first-order valence-electron chi connectivity index (χ1n) is 8.34. The summed E-state index contributed by atoms with van der Waals surface area (Å²) in [6.45, 7) is 1.58.